The largest absolute Gasteiger partial charge is 0.240 e. The molecule has 0 bridgehead atoms. The van der Waals surface area contributed by atoms with Crippen LogP contribution in [0, 0.1) is 0 Å². The second-order valence-electron chi connectivity index (χ2n) is 6.92. The summed E-state index contributed by atoms with van der Waals surface area (Å²) in [6.45, 7) is 0.340. The van der Waals surface area contributed by atoms with Gasteiger partial charge >= 0.3 is 0 Å². The average Bonchev–Trinajstić information content (AvgIpc) is 3.11. The molecule has 0 atom stereocenters. The van der Waals surface area contributed by atoms with Gasteiger partial charge in [0.25, 0.3) is 0 Å². The van der Waals surface area contributed by atoms with Crippen molar-refractivity contribution in [2.75, 3.05) is 12.8 Å². The van der Waals surface area contributed by atoms with Gasteiger partial charge in [0.2, 0.25) is 10.0 Å². The molecule has 2 aromatic carbocycles. The van der Waals surface area contributed by atoms with Crippen LogP contribution in [0.4, 0.5) is 0 Å². The Bertz CT molecular complexity index is 960. The lowest BCUT2D eigenvalue weighted by Crippen LogP contribution is -2.39. The van der Waals surface area contributed by atoms with Crippen molar-refractivity contribution in [3.63, 3.8) is 0 Å². The number of sulfone groups is 1. The van der Waals surface area contributed by atoms with Crippen LogP contribution in [0.1, 0.15) is 31.2 Å². The van der Waals surface area contributed by atoms with Crippen molar-refractivity contribution >= 4 is 19.9 Å². The number of hydrogen-bond donors (Lipinski definition) is 1. The van der Waals surface area contributed by atoms with Gasteiger partial charge < -0.3 is 0 Å². The molecule has 0 aromatic heterocycles. The Morgan fingerprint density at radius 3 is 1.92 bits per heavy atom. The van der Waals surface area contributed by atoms with Crippen LogP contribution in [-0.4, -0.2) is 29.6 Å². The zero-order chi connectivity index (χ0) is 18.8. The van der Waals surface area contributed by atoms with Crippen LogP contribution >= 0.6 is 0 Å². The summed E-state index contributed by atoms with van der Waals surface area (Å²) in [5.74, 6) is 0. The number of nitrogens with one attached hydrogen (secondary N) is 1. The quantitative estimate of drug-likeness (QED) is 0.818. The third-order valence-electron chi connectivity index (χ3n) is 5.11. The van der Waals surface area contributed by atoms with E-state index in [-0.39, 0.29) is 15.2 Å². The van der Waals surface area contributed by atoms with E-state index in [0.717, 1.165) is 37.5 Å². The topological polar surface area (TPSA) is 80.3 Å². The second kappa shape index (κ2) is 7.13. The van der Waals surface area contributed by atoms with Crippen molar-refractivity contribution in [1.82, 2.24) is 4.72 Å². The zero-order valence-electron chi connectivity index (χ0n) is 14.7. The van der Waals surface area contributed by atoms with Gasteiger partial charge in [0.15, 0.2) is 9.84 Å². The molecule has 140 valence electrons. The zero-order valence-corrected chi connectivity index (χ0v) is 16.3. The molecule has 0 radical (unpaired) electrons. The van der Waals surface area contributed by atoms with E-state index in [2.05, 4.69) is 16.9 Å². The average molecular weight is 394 g/mol. The van der Waals surface area contributed by atoms with Gasteiger partial charge in [-0.15, -0.1) is 0 Å². The molecule has 7 heteroatoms. The van der Waals surface area contributed by atoms with Crippen molar-refractivity contribution in [1.29, 1.82) is 0 Å². The van der Waals surface area contributed by atoms with Crippen LogP contribution in [0.3, 0.4) is 0 Å². The van der Waals surface area contributed by atoms with Gasteiger partial charge in [-0.3, -0.25) is 0 Å². The lowest BCUT2D eigenvalue weighted by atomic mass is 9.79. The van der Waals surface area contributed by atoms with E-state index in [1.807, 2.05) is 18.2 Å². The molecular formula is C19H23NO4S2. The minimum Gasteiger partial charge on any atom is -0.224 e. The summed E-state index contributed by atoms with van der Waals surface area (Å²) in [7, 11) is -7.05. The molecular weight excluding hydrogens is 370 g/mol. The minimum absolute atomic E-state index is 0.0751. The molecule has 1 aliphatic rings. The Morgan fingerprint density at radius 1 is 0.846 bits per heavy atom. The third kappa shape index (κ3) is 4.00. The maximum atomic E-state index is 12.7. The highest BCUT2D eigenvalue weighted by Crippen LogP contribution is 2.40. The van der Waals surface area contributed by atoms with Gasteiger partial charge in [0, 0.05) is 18.2 Å². The van der Waals surface area contributed by atoms with Crippen molar-refractivity contribution in [2.45, 2.75) is 40.9 Å². The van der Waals surface area contributed by atoms with Crippen LogP contribution in [0.5, 0.6) is 0 Å². The molecule has 0 saturated heterocycles. The highest BCUT2D eigenvalue weighted by molar-refractivity contribution is 7.90. The fourth-order valence-corrected chi connectivity index (χ4v) is 5.35. The molecule has 1 fully saturated rings. The van der Waals surface area contributed by atoms with Crippen LogP contribution in [0.2, 0.25) is 0 Å². The summed E-state index contributed by atoms with van der Waals surface area (Å²) in [5, 5.41) is 0. The van der Waals surface area contributed by atoms with E-state index < -0.39 is 19.9 Å². The summed E-state index contributed by atoms with van der Waals surface area (Å²) >= 11 is 0. The Hall–Kier alpha value is -1.70. The SMILES string of the molecule is CS(=O)(=O)c1ccc(S(=O)(=O)NCC2(c3ccccc3)CCCC2)cc1. The first kappa shape index (κ1) is 19.1. The lowest BCUT2D eigenvalue weighted by Gasteiger charge is -2.30. The molecule has 0 aliphatic heterocycles. The third-order valence-corrected chi connectivity index (χ3v) is 7.66. The normalized spacial score (nSPS) is 17.3. The minimum atomic E-state index is -3.70. The van der Waals surface area contributed by atoms with Crippen LogP contribution in [0.25, 0.3) is 0 Å². The van der Waals surface area contributed by atoms with Gasteiger partial charge in [-0.05, 0) is 42.7 Å². The number of benzene rings is 2. The van der Waals surface area contributed by atoms with Crippen molar-refractivity contribution < 1.29 is 16.8 Å². The van der Waals surface area contributed by atoms with Gasteiger partial charge in [0.1, 0.15) is 0 Å². The first-order chi connectivity index (χ1) is 12.2. The fourth-order valence-electron chi connectivity index (χ4n) is 3.59. The van der Waals surface area contributed by atoms with E-state index in [1.165, 1.54) is 24.3 Å². The molecule has 2 aromatic rings. The van der Waals surface area contributed by atoms with Crippen molar-refractivity contribution in [3.05, 3.63) is 60.2 Å². The van der Waals surface area contributed by atoms with Gasteiger partial charge in [-0.25, -0.2) is 21.6 Å². The van der Waals surface area contributed by atoms with Gasteiger partial charge in [0.05, 0.1) is 9.79 Å². The molecule has 5 nitrogen and oxygen atoms in total. The molecule has 0 heterocycles. The number of rotatable bonds is 6. The van der Waals surface area contributed by atoms with Crippen LogP contribution in [-0.2, 0) is 25.3 Å². The molecule has 1 N–H and O–H groups in total. The highest BCUT2D eigenvalue weighted by atomic mass is 32.2. The van der Waals surface area contributed by atoms with E-state index in [0.29, 0.717) is 6.54 Å². The number of hydrogen-bond acceptors (Lipinski definition) is 4. The Morgan fingerprint density at radius 2 is 1.38 bits per heavy atom. The lowest BCUT2D eigenvalue weighted by molar-refractivity contribution is 0.432. The van der Waals surface area contributed by atoms with Crippen molar-refractivity contribution in [2.24, 2.45) is 0 Å². The van der Waals surface area contributed by atoms with E-state index >= 15 is 0 Å². The predicted molar refractivity (Wildman–Crippen MR) is 101 cm³/mol. The smallest absolute Gasteiger partial charge is 0.224 e. The standard InChI is InChI=1S/C19H23NO4S2/c1-25(21,22)17-9-11-18(12-10-17)26(23,24)20-15-19(13-5-6-14-19)16-7-3-2-4-8-16/h2-4,7-12,20H,5-6,13-15H2,1H3. The fraction of sp³-hybridized carbons (Fsp3) is 0.368. The molecule has 1 saturated carbocycles. The highest BCUT2D eigenvalue weighted by Gasteiger charge is 2.36. The molecule has 0 spiro atoms. The molecule has 1 aliphatic carbocycles. The van der Waals surface area contributed by atoms with Crippen LogP contribution < -0.4 is 4.72 Å². The van der Waals surface area contributed by atoms with E-state index in [4.69, 9.17) is 0 Å². The second-order valence-corrected chi connectivity index (χ2v) is 10.7. The summed E-state index contributed by atoms with van der Waals surface area (Å²) in [6.07, 6.45) is 5.16. The Kier molecular flexibility index (Phi) is 5.23. The Balaban J connectivity index is 1.81. The van der Waals surface area contributed by atoms with E-state index in [9.17, 15) is 16.8 Å². The summed E-state index contributed by atoms with van der Waals surface area (Å²) in [6, 6.07) is 15.4. The predicted octanol–water partition coefficient (Wildman–Crippen LogP) is 2.88. The summed E-state index contributed by atoms with van der Waals surface area (Å²) < 4.78 is 51.1. The van der Waals surface area contributed by atoms with E-state index in [1.54, 1.807) is 0 Å². The number of sulfonamides is 1. The van der Waals surface area contributed by atoms with Crippen LogP contribution in [0.15, 0.2) is 64.4 Å². The maximum absolute atomic E-state index is 12.7. The van der Waals surface area contributed by atoms with Gasteiger partial charge in [-0.1, -0.05) is 43.2 Å². The molecule has 0 amide bonds. The van der Waals surface area contributed by atoms with Gasteiger partial charge in [-0.2, -0.15) is 0 Å². The maximum Gasteiger partial charge on any atom is 0.240 e. The monoisotopic (exact) mass is 393 g/mol. The first-order valence-electron chi connectivity index (χ1n) is 8.58. The molecule has 26 heavy (non-hydrogen) atoms. The summed E-state index contributed by atoms with van der Waals surface area (Å²) in [5.41, 5.74) is 0.980. The molecule has 0 unspecified atom stereocenters. The summed E-state index contributed by atoms with van der Waals surface area (Å²) in [4.78, 5) is 0.180. The first-order valence-corrected chi connectivity index (χ1v) is 12.0. The Labute approximate surface area is 155 Å². The van der Waals surface area contributed by atoms with Crippen molar-refractivity contribution in [3.8, 4) is 0 Å². The molecule has 3 rings (SSSR count).